The highest BCUT2D eigenvalue weighted by Crippen LogP contribution is 2.10. The van der Waals surface area contributed by atoms with Crippen molar-refractivity contribution in [3.05, 3.63) is 35.6 Å². The monoisotopic (exact) mass is 271 g/mol. The third-order valence-corrected chi connectivity index (χ3v) is 2.65. The maximum atomic E-state index is 13.0. The maximum absolute atomic E-state index is 13.0. The molecule has 2 N–H and O–H groups in total. The molecule has 19 heavy (non-hydrogen) atoms. The Morgan fingerprint density at radius 3 is 2.63 bits per heavy atom. The second-order valence-corrected chi connectivity index (χ2v) is 4.29. The fraction of sp³-hybridized carbons (Fsp3) is 0.385. The summed E-state index contributed by atoms with van der Waals surface area (Å²) in [6.45, 7) is 0.394. The number of halogens is 2. The van der Waals surface area contributed by atoms with Crippen LogP contribution in [0, 0.1) is 11.7 Å². The van der Waals surface area contributed by atoms with Crippen molar-refractivity contribution in [2.45, 2.75) is 19.4 Å². The Morgan fingerprint density at radius 1 is 1.42 bits per heavy atom. The molecule has 0 aliphatic rings. The van der Waals surface area contributed by atoms with Crippen molar-refractivity contribution in [2.24, 2.45) is 5.92 Å². The minimum Gasteiger partial charge on any atom is -0.480 e. The van der Waals surface area contributed by atoms with E-state index in [1.807, 2.05) is 0 Å². The zero-order chi connectivity index (χ0) is 14.4. The van der Waals surface area contributed by atoms with Gasteiger partial charge >= 0.3 is 5.97 Å². The Morgan fingerprint density at radius 2 is 2.11 bits per heavy atom. The molecule has 0 bridgehead atoms. The second-order valence-electron chi connectivity index (χ2n) is 4.29. The summed E-state index contributed by atoms with van der Waals surface area (Å²) in [5.41, 5.74) is 0.620. The quantitative estimate of drug-likeness (QED) is 0.824. The molecule has 1 aromatic rings. The summed E-state index contributed by atoms with van der Waals surface area (Å²) in [6, 6.07) is 4.24. The molecule has 0 spiro atoms. The number of aliphatic carboxylic acids is 1. The Hall–Kier alpha value is -1.98. The molecule has 2 atom stereocenters. The van der Waals surface area contributed by atoms with Crippen molar-refractivity contribution in [3.8, 4) is 0 Å². The predicted molar refractivity (Wildman–Crippen MR) is 64.8 cm³/mol. The van der Waals surface area contributed by atoms with Gasteiger partial charge in [0.2, 0.25) is 5.91 Å². The van der Waals surface area contributed by atoms with Gasteiger partial charge in [0, 0.05) is 5.92 Å². The number of carboxylic acid groups (broad SMARTS) is 1. The first-order valence-corrected chi connectivity index (χ1v) is 5.77. The molecular formula is C13H15F2NO3. The lowest BCUT2D eigenvalue weighted by Gasteiger charge is -2.15. The number of amides is 1. The zero-order valence-electron chi connectivity index (χ0n) is 10.4. The Labute approximate surface area is 109 Å². The molecule has 0 aromatic heterocycles. The molecule has 0 saturated carbocycles. The molecule has 0 aliphatic heterocycles. The van der Waals surface area contributed by atoms with Crippen LogP contribution >= 0.6 is 0 Å². The minimum absolute atomic E-state index is 0.252. The summed E-state index contributed by atoms with van der Waals surface area (Å²) in [5.74, 6) is -2.98. The molecular weight excluding hydrogens is 256 g/mol. The normalized spacial score (nSPS) is 13.6. The van der Waals surface area contributed by atoms with Crippen LogP contribution in [-0.4, -0.2) is 29.7 Å². The van der Waals surface area contributed by atoms with Gasteiger partial charge in [-0.25, -0.2) is 13.6 Å². The van der Waals surface area contributed by atoms with Gasteiger partial charge in [-0.05, 0) is 24.1 Å². The van der Waals surface area contributed by atoms with Gasteiger partial charge in [-0.1, -0.05) is 19.1 Å². The summed E-state index contributed by atoms with van der Waals surface area (Å²) < 4.78 is 25.3. The molecule has 1 rings (SSSR count). The van der Waals surface area contributed by atoms with Crippen LogP contribution in [0.25, 0.3) is 0 Å². The number of benzene rings is 1. The number of carboxylic acids is 1. The van der Waals surface area contributed by atoms with E-state index in [1.54, 1.807) is 13.0 Å². The van der Waals surface area contributed by atoms with Crippen LogP contribution in [0.5, 0.6) is 0 Å². The molecule has 4 nitrogen and oxygen atoms in total. The summed E-state index contributed by atoms with van der Waals surface area (Å²) in [7, 11) is 0. The van der Waals surface area contributed by atoms with E-state index in [1.165, 1.54) is 18.2 Å². The van der Waals surface area contributed by atoms with Crippen molar-refractivity contribution in [2.75, 3.05) is 6.67 Å². The standard InChI is InChI=1S/C13H15F2NO3/c1-8(5-9-3-2-4-10(15)6-9)12(17)16-11(7-14)13(18)19/h2-4,6,8,11H,5,7H2,1H3,(H,16,17)(H,18,19). The average molecular weight is 271 g/mol. The number of carbonyl (C=O) groups excluding carboxylic acids is 1. The van der Waals surface area contributed by atoms with Gasteiger partial charge in [0.1, 0.15) is 12.5 Å². The first kappa shape index (κ1) is 15.1. The fourth-order valence-corrected chi connectivity index (χ4v) is 1.59. The maximum Gasteiger partial charge on any atom is 0.328 e. The number of carbonyl (C=O) groups is 2. The first-order valence-electron chi connectivity index (χ1n) is 5.77. The molecule has 104 valence electrons. The Kier molecular flexibility index (Phi) is 5.41. The highest BCUT2D eigenvalue weighted by atomic mass is 19.1. The highest BCUT2D eigenvalue weighted by Gasteiger charge is 2.22. The number of alkyl halides is 1. The number of rotatable bonds is 6. The predicted octanol–water partition coefficient (Wildman–Crippen LogP) is 1.54. The van der Waals surface area contributed by atoms with E-state index in [4.69, 9.17) is 5.11 Å². The van der Waals surface area contributed by atoms with E-state index in [-0.39, 0.29) is 6.42 Å². The van der Waals surface area contributed by atoms with Gasteiger partial charge in [0.25, 0.3) is 0 Å². The summed E-state index contributed by atoms with van der Waals surface area (Å²) in [4.78, 5) is 22.3. The van der Waals surface area contributed by atoms with Gasteiger partial charge in [-0.15, -0.1) is 0 Å². The van der Waals surface area contributed by atoms with Crippen LogP contribution in [0.1, 0.15) is 12.5 Å². The molecule has 1 aromatic carbocycles. The molecule has 0 fully saturated rings. The summed E-state index contributed by atoms with van der Waals surface area (Å²) in [6.07, 6.45) is 0.252. The average Bonchev–Trinajstić information content (AvgIpc) is 2.35. The van der Waals surface area contributed by atoms with Crippen LogP contribution < -0.4 is 5.32 Å². The van der Waals surface area contributed by atoms with Crippen molar-refractivity contribution in [1.82, 2.24) is 5.32 Å². The molecule has 6 heteroatoms. The van der Waals surface area contributed by atoms with E-state index in [0.717, 1.165) is 0 Å². The lowest BCUT2D eigenvalue weighted by Crippen LogP contribution is -2.44. The molecule has 0 aliphatic carbocycles. The van der Waals surface area contributed by atoms with Crippen LogP contribution in [0.4, 0.5) is 8.78 Å². The molecule has 1 amide bonds. The Bertz CT molecular complexity index is 465. The number of hydrogen-bond acceptors (Lipinski definition) is 2. The Balaban J connectivity index is 2.60. The lowest BCUT2D eigenvalue weighted by atomic mass is 10.00. The van der Waals surface area contributed by atoms with E-state index in [2.05, 4.69) is 5.32 Å². The highest BCUT2D eigenvalue weighted by molar-refractivity contribution is 5.85. The number of nitrogens with one attached hydrogen (secondary N) is 1. The molecule has 2 unspecified atom stereocenters. The smallest absolute Gasteiger partial charge is 0.328 e. The lowest BCUT2D eigenvalue weighted by molar-refractivity contribution is -0.142. The second kappa shape index (κ2) is 6.82. The fourth-order valence-electron chi connectivity index (χ4n) is 1.59. The summed E-state index contributed by atoms with van der Waals surface area (Å²) in [5, 5.41) is 10.7. The molecule has 0 radical (unpaired) electrons. The van der Waals surface area contributed by atoms with Gasteiger partial charge in [-0.3, -0.25) is 4.79 Å². The van der Waals surface area contributed by atoms with E-state index < -0.39 is 36.3 Å². The van der Waals surface area contributed by atoms with E-state index >= 15 is 0 Å². The van der Waals surface area contributed by atoms with Crippen molar-refractivity contribution < 1.29 is 23.5 Å². The molecule has 0 heterocycles. The molecule has 0 saturated heterocycles. The van der Waals surface area contributed by atoms with Crippen LogP contribution in [0.3, 0.4) is 0 Å². The third kappa shape index (κ3) is 4.65. The SMILES string of the molecule is CC(Cc1cccc(F)c1)C(=O)NC(CF)C(=O)O. The van der Waals surface area contributed by atoms with Gasteiger partial charge < -0.3 is 10.4 Å². The van der Waals surface area contributed by atoms with Gasteiger partial charge in [0.15, 0.2) is 6.04 Å². The van der Waals surface area contributed by atoms with Crippen molar-refractivity contribution in [1.29, 1.82) is 0 Å². The van der Waals surface area contributed by atoms with Gasteiger partial charge in [0.05, 0.1) is 0 Å². The van der Waals surface area contributed by atoms with Crippen LogP contribution in [0.2, 0.25) is 0 Å². The number of hydrogen-bond donors (Lipinski definition) is 2. The van der Waals surface area contributed by atoms with Crippen molar-refractivity contribution in [3.63, 3.8) is 0 Å². The van der Waals surface area contributed by atoms with Crippen LogP contribution in [-0.2, 0) is 16.0 Å². The topological polar surface area (TPSA) is 66.4 Å². The van der Waals surface area contributed by atoms with Gasteiger partial charge in [-0.2, -0.15) is 0 Å². The van der Waals surface area contributed by atoms with E-state index in [0.29, 0.717) is 5.56 Å². The summed E-state index contributed by atoms with van der Waals surface area (Å²) >= 11 is 0. The third-order valence-electron chi connectivity index (χ3n) is 2.65. The largest absolute Gasteiger partial charge is 0.480 e. The van der Waals surface area contributed by atoms with Crippen molar-refractivity contribution >= 4 is 11.9 Å². The van der Waals surface area contributed by atoms with E-state index in [9.17, 15) is 18.4 Å². The zero-order valence-corrected chi connectivity index (χ0v) is 10.4. The minimum atomic E-state index is -1.54. The van der Waals surface area contributed by atoms with Crippen LogP contribution in [0.15, 0.2) is 24.3 Å². The first-order chi connectivity index (χ1) is 8.93.